The van der Waals surface area contributed by atoms with Gasteiger partial charge in [-0.25, -0.2) is 0 Å². The monoisotopic (exact) mass is 357 g/mol. The van der Waals surface area contributed by atoms with Crippen molar-refractivity contribution in [2.24, 2.45) is 5.92 Å². The number of benzene rings is 2. The van der Waals surface area contributed by atoms with Gasteiger partial charge in [-0.05, 0) is 17.5 Å². The molecule has 1 fully saturated rings. The maximum absolute atomic E-state index is 10.6. The number of aliphatic hydroxyl groups is 1. The molecule has 0 spiro atoms. The maximum Gasteiger partial charge on any atom is 0.184 e. The number of ether oxygens (including phenoxy) is 3. The van der Waals surface area contributed by atoms with Gasteiger partial charge in [-0.15, -0.1) is 0 Å². The van der Waals surface area contributed by atoms with Gasteiger partial charge in [0.05, 0.1) is 26.8 Å². The third kappa shape index (κ3) is 4.71. The van der Waals surface area contributed by atoms with Gasteiger partial charge in [0, 0.05) is 5.92 Å². The lowest BCUT2D eigenvalue weighted by molar-refractivity contribution is -0.289. The van der Waals surface area contributed by atoms with E-state index in [1.807, 2.05) is 74.5 Å². The molecule has 0 bridgehead atoms. The fourth-order valence-corrected chi connectivity index (χ4v) is 3.34. The molecule has 0 aromatic heterocycles. The van der Waals surface area contributed by atoms with Gasteiger partial charge in [-0.2, -0.15) is 0 Å². The van der Waals surface area contributed by atoms with E-state index in [0.717, 1.165) is 11.1 Å². The van der Waals surface area contributed by atoms with Gasteiger partial charge in [0.2, 0.25) is 0 Å². The van der Waals surface area contributed by atoms with E-state index in [9.17, 15) is 5.11 Å². The first-order valence-electron chi connectivity index (χ1n) is 9.72. The third-order valence-corrected chi connectivity index (χ3v) is 4.88. The van der Waals surface area contributed by atoms with Crippen molar-refractivity contribution in [2.75, 3.05) is 0 Å². The number of hydrogen-bond acceptors (Lipinski definition) is 4. The lowest BCUT2D eigenvalue weighted by Crippen LogP contribution is -2.55. The predicted molar refractivity (Wildman–Crippen MR) is 100 cm³/mol. The summed E-state index contributed by atoms with van der Waals surface area (Å²) in [7, 11) is 0. The van der Waals surface area contributed by atoms with E-state index < -0.39 is 18.5 Å². The summed E-state index contributed by atoms with van der Waals surface area (Å²) in [5.74, 6) is -0.00916. The summed E-state index contributed by atoms with van der Waals surface area (Å²) >= 11 is 0. The summed E-state index contributed by atoms with van der Waals surface area (Å²) < 4.78 is 26.1. The van der Waals surface area contributed by atoms with E-state index in [1.54, 1.807) is 0 Å². The molecule has 0 radical (unpaired) electrons. The number of hydrogen-bond donors (Lipinski definition) is 1. The topological polar surface area (TPSA) is 47.9 Å². The Kier molecular flexibility index (Phi) is 6.31. The van der Waals surface area contributed by atoms with Crippen LogP contribution in [0.3, 0.4) is 0 Å². The van der Waals surface area contributed by atoms with Crippen molar-refractivity contribution in [1.29, 1.82) is 0 Å². The minimum Gasteiger partial charge on any atom is -0.370 e. The second-order valence-corrected chi connectivity index (χ2v) is 6.74. The molecule has 1 unspecified atom stereocenters. The van der Waals surface area contributed by atoms with Gasteiger partial charge in [0.15, 0.2) is 6.27 Å². The fourth-order valence-electron chi connectivity index (χ4n) is 3.34. The Bertz CT molecular complexity index is 692. The van der Waals surface area contributed by atoms with Gasteiger partial charge in [-0.1, -0.05) is 74.5 Å². The van der Waals surface area contributed by atoms with Crippen molar-refractivity contribution in [3.63, 3.8) is 0 Å². The molecule has 1 saturated heterocycles. The van der Waals surface area contributed by atoms with E-state index in [2.05, 4.69) is 0 Å². The molecule has 3 rings (SSSR count). The van der Waals surface area contributed by atoms with Crippen LogP contribution in [0.15, 0.2) is 60.7 Å². The average molecular weight is 357 g/mol. The summed E-state index contributed by atoms with van der Waals surface area (Å²) in [6.45, 7) is 4.69. The highest BCUT2D eigenvalue weighted by Gasteiger charge is 2.44. The first-order chi connectivity index (χ1) is 13.0. The first-order valence-corrected chi connectivity index (χ1v) is 9.22. The van der Waals surface area contributed by atoms with Crippen LogP contribution in [0.5, 0.6) is 0 Å². The van der Waals surface area contributed by atoms with E-state index >= 15 is 0 Å². The molecule has 1 aliphatic rings. The summed E-state index contributed by atoms with van der Waals surface area (Å²) in [5.41, 5.74) is 2.01. The van der Waals surface area contributed by atoms with Crippen LogP contribution >= 0.6 is 0 Å². The second kappa shape index (κ2) is 9.28. The van der Waals surface area contributed by atoms with Gasteiger partial charge >= 0.3 is 0 Å². The molecule has 1 heterocycles. The van der Waals surface area contributed by atoms with Crippen molar-refractivity contribution in [2.45, 2.75) is 58.1 Å². The molecule has 0 saturated carbocycles. The van der Waals surface area contributed by atoms with E-state index in [1.165, 1.54) is 0 Å². The SMILES string of the molecule is [2H]C1(O)O[C@H](CC)[C@@H](C)[C@H](OCc2ccccc2)[C@H]1OCc1ccccc1. The Hall–Kier alpha value is -1.72. The molecule has 1 aliphatic heterocycles. The molecule has 1 N–H and O–H groups in total. The molecule has 2 aromatic rings. The Morgan fingerprint density at radius 1 is 0.923 bits per heavy atom. The van der Waals surface area contributed by atoms with Crippen LogP contribution in [-0.4, -0.2) is 29.7 Å². The van der Waals surface area contributed by atoms with Crippen LogP contribution in [0.2, 0.25) is 0 Å². The molecule has 4 heteroatoms. The van der Waals surface area contributed by atoms with Crippen LogP contribution < -0.4 is 0 Å². The lowest BCUT2D eigenvalue weighted by Gasteiger charge is -2.43. The maximum atomic E-state index is 10.6. The highest BCUT2D eigenvalue weighted by atomic mass is 16.7. The largest absolute Gasteiger partial charge is 0.370 e. The third-order valence-electron chi connectivity index (χ3n) is 4.88. The lowest BCUT2D eigenvalue weighted by atomic mass is 9.89. The van der Waals surface area contributed by atoms with Crippen molar-refractivity contribution < 1.29 is 20.7 Å². The van der Waals surface area contributed by atoms with Gasteiger partial charge < -0.3 is 19.3 Å². The Balaban J connectivity index is 1.76. The van der Waals surface area contributed by atoms with Crippen molar-refractivity contribution in [1.82, 2.24) is 0 Å². The smallest absolute Gasteiger partial charge is 0.184 e. The van der Waals surface area contributed by atoms with Gasteiger partial charge in [0.25, 0.3) is 0 Å². The standard InChI is InChI=1S/C22H28O4/c1-3-19-16(2)20(24-14-17-10-6-4-7-11-17)21(22(23)26-19)25-15-18-12-8-5-9-13-18/h4-13,16,19-23H,3,14-15H2,1-2H3/t16-,19-,20+,21-,22?/m1/s1/i22D. The molecule has 0 amide bonds. The van der Waals surface area contributed by atoms with Crippen LogP contribution in [0.4, 0.5) is 0 Å². The Labute approximate surface area is 157 Å². The van der Waals surface area contributed by atoms with Crippen LogP contribution in [0, 0.1) is 5.92 Å². The molecule has 5 atom stereocenters. The summed E-state index contributed by atoms with van der Waals surface area (Å²) in [4.78, 5) is 0. The van der Waals surface area contributed by atoms with Gasteiger partial charge in [-0.3, -0.25) is 0 Å². The average Bonchev–Trinajstić information content (AvgIpc) is 2.69. The minimum absolute atomic E-state index is 0.00916. The predicted octanol–water partition coefficient (Wildman–Crippen LogP) is 3.92. The fraction of sp³-hybridized carbons (Fsp3) is 0.455. The summed E-state index contributed by atoms with van der Waals surface area (Å²) in [5, 5.41) is 10.6. The zero-order chi connectivity index (χ0) is 19.3. The minimum atomic E-state index is -2.15. The Morgan fingerprint density at radius 3 is 1.92 bits per heavy atom. The van der Waals surface area contributed by atoms with E-state index in [0.29, 0.717) is 13.0 Å². The normalized spacial score (nSPS) is 32.2. The molecule has 2 aromatic carbocycles. The molecule has 26 heavy (non-hydrogen) atoms. The van der Waals surface area contributed by atoms with Gasteiger partial charge in [0.1, 0.15) is 6.10 Å². The molecule has 0 aliphatic carbocycles. The van der Waals surface area contributed by atoms with Crippen LogP contribution in [0.1, 0.15) is 32.8 Å². The highest BCUT2D eigenvalue weighted by molar-refractivity contribution is 5.14. The quantitative estimate of drug-likeness (QED) is 0.816. The van der Waals surface area contributed by atoms with Crippen molar-refractivity contribution in [3.05, 3.63) is 71.8 Å². The molecule has 4 nitrogen and oxygen atoms in total. The summed E-state index contributed by atoms with van der Waals surface area (Å²) in [6, 6.07) is 19.6. The van der Waals surface area contributed by atoms with E-state index in [-0.39, 0.29) is 18.6 Å². The highest BCUT2D eigenvalue weighted by Crippen LogP contribution is 2.32. The Morgan fingerprint density at radius 2 is 1.42 bits per heavy atom. The zero-order valence-electron chi connectivity index (χ0n) is 16.4. The van der Waals surface area contributed by atoms with Crippen LogP contribution in [0.25, 0.3) is 0 Å². The first kappa shape index (κ1) is 17.7. The second-order valence-electron chi connectivity index (χ2n) is 6.74. The zero-order valence-corrected chi connectivity index (χ0v) is 15.4. The van der Waals surface area contributed by atoms with Crippen molar-refractivity contribution >= 4 is 0 Å². The van der Waals surface area contributed by atoms with Crippen LogP contribution in [-0.2, 0) is 27.4 Å². The summed E-state index contributed by atoms with van der Waals surface area (Å²) in [6.07, 6.45) is -3.07. The van der Waals surface area contributed by atoms with Crippen molar-refractivity contribution in [3.8, 4) is 0 Å². The number of rotatable bonds is 7. The molecular formula is C22H28O4. The molecular weight excluding hydrogens is 328 g/mol. The molecule has 140 valence electrons. The van der Waals surface area contributed by atoms with E-state index in [4.69, 9.17) is 15.6 Å².